The van der Waals surface area contributed by atoms with Crippen LogP contribution in [0.25, 0.3) is 0 Å². The molecule has 1 aliphatic heterocycles. The molecule has 0 unspecified atom stereocenters. The van der Waals surface area contributed by atoms with Crippen LogP contribution < -0.4 is 5.32 Å². The second-order valence-corrected chi connectivity index (χ2v) is 6.47. The zero-order valence-electron chi connectivity index (χ0n) is 12.6. The van der Waals surface area contributed by atoms with Crippen LogP contribution in [-0.4, -0.2) is 50.2 Å². The lowest BCUT2D eigenvalue weighted by Crippen LogP contribution is -2.87. The average Bonchev–Trinajstić information content (AvgIpc) is 2.99. The van der Waals surface area contributed by atoms with Crippen molar-refractivity contribution >= 4 is 23.2 Å². The number of hydrogen-bond donors (Lipinski definition) is 2. The summed E-state index contributed by atoms with van der Waals surface area (Å²) in [7, 11) is 0. The number of aliphatic hydroxyl groups excluding tert-OH is 1. The number of rotatable bonds is 9. The number of benzene rings is 1. The second-order valence-electron chi connectivity index (χ2n) is 5.63. The Hall–Kier alpha value is -0.360. The van der Waals surface area contributed by atoms with Crippen molar-refractivity contribution in [3.8, 4) is 0 Å². The van der Waals surface area contributed by atoms with Crippen LogP contribution in [0.4, 0.5) is 0 Å². The molecular formula is C16H24Cl2NO3+. The lowest BCUT2D eigenvalue weighted by molar-refractivity contribution is -0.660. The molecule has 0 aliphatic carbocycles. The Labute approximate surface area is 141 Å². The first-order valence-corrected chi connectivity index (χ1v) is 8.53. The van der Waals surface area contributed by atoms with Crippen LogP contribution in [0.3, 0.4) is 0 Å². The number of halogens is 2. The molecule has 0 radical (unpaired) electrons. The van der Waals surface area contributed by atoms with Crippen molar-refractivity contribution < 1.29 is 19.9 Å². The molecule has 22 heavy (non-hydrogen) atoms. The van der Waals surface area contributed by atoms with Gasteiger partial charge in [-0.1, -0.05) is 29.3 Å². The van der Waals surface area contributed by atoms with Gasteiger partial charge in [-0.25, -0.2) is 0 Å². The summed E-state index contributed by atoms with van der Waals surface area (Å²) in [6.45, 7) is 3.26. The molecule has 1 aromatic carbocycles. The van der Waals surface area contributed by atoms with E-state index in [4.69, 9.17) is 32.7 Å². The highest BCUT2D eigenvalue weighted by Crippen LogP contribution is 2.20. The fraction of sp³-hybridized carbons (Fsp3) is 0.625. The van der Waals surface area contributed by atoms with E-state index in [2.05, 4.69) is 5.32 Å². The van der Waals surface area contributed by atoms with Gasteiger partial charge in [-0.05, 0) is 30.5 Å². The lowest BCUT2D eigenvalue weighted by atomic mass is 10.1. The summed E-state index contributed by atoms with van der Waals surface area (Å²) < 4.78 is 11.0. The number of hydrogen-bond acceptors (Lipinski definition) is 3. The van der Waals surface area contributed by atoms with E-state index in [1.54, 1.807) is 6.07 Å². The first-order chi connectivity index (χ1) is 10.6. The van der Waals surface area contributed by atoms with Crippen molar-refractivity contribution in [2.45, 2.75) is 31.5 Å². The van der Waals surface area contributed by atoms with Crippen LogP contribution in [0.5, 0.6) is 0 Å². The van der Waals surface area contributed by atoms with E-state index in [9.17, 15) is 5.11 Å². The van der Waals surface area contributed by atoms with Gasteiger partial charge < -0.3 is 19.9 Å². The highest BCUT2D eigenvalue weighted by atomic mass is 35.5. The predicted molar refractivity (Wildman–Crippen MR) is 87.6 cm³/mol. The van der Waals surface area contributed by atoms with Gasteiger partial charge >= 0.3 is 0 Å². The summed E-state index contributed by atoms with van der Waals surface area (Å²) in [5.41, 5.74) is 1.08. The van der Waals surface area contributed by atoms with E-state index in [0.29, 0.717) is 29.8 Å². The van der Waals surface area contributed by atoms with E-state index in [1.165, 1.54) is 0 Å². The molecule has 0 amide bonds. The first-order valence-electron chi connectivity index (χ1n) is 7.78. The Morgan fingerprint density at radius 3 is 3.00 bits per heavy atom. The van der Waals surface area contributed by atoms with Gasteiger partial charge in [0.25, 0.3) is 0 Å². The Morgan fingerprint density at radius 2 is 2.27 bits per heavy atom. The molecule has 1 aliphatic rings. The number of aliphatic hydroxyl groups is 1. The van der Waals surface area contributed by atoms with Crippen molar-refractivity contribution in [3.05, 3.63) is 33.8 Å². The molecule has 0 saturated carbocycles. The maximum absolute atomic E-state index is 9.87. The van der Waals surface area contributed by atoms with Crippen LogP contribution >= 0.6 is 23.2 Å². The molecule has 3 N–H and O–H groups in total. The zero-order chi connectivity index (χ0) is 15.8. The van der Waals surface area contributed by atoms with Crippen LogP contribution in [0.15, 0.2) is 18.2 Å². The highest BCUT2D eigenvalue weighted by molar-refractivity contribution is 6.35. The first kappa shape index (κ1) is 18.0. The zero-order valence-corrected chi connectivity index (χ0v) is 14.2. The van der Waals surface area contributed by atoms with Crippen molar-refractivity contribution in [1.29, 1.82) is 0 Å². The van der Waals surface area contributed by atoms with Gasteiger partial charge in [0.05, 0.1) is 25.9 Å². The molecular weight excluding hydrogens is 325 g/mol. The van der Waals surface area contributed by atoms with Gasteiger partial charge in [0.15, 0.2) is 0 Å². The minimum absolute atomic E-state index is 0.211. The summed E-state index contributed by atoms with van der Waals surface area (Å²) in [6.07, 6.45) is 2.77. The normalized spacial score (nSPS) is 19.5. The number of nitrogens with two attached hydrogens (primary N) is 1. The standard InChI is InChI=1S/C16H23Cl2NO3/c17-13-4-3-12(16(18)8-13)5-6-19-9-14(20)10-21-11-15-2-1-7-22-15/h3-4,8,14-15,19-20H,1-2,5-7,9-11H2/p+1/t14-,15+/m1/s1. The monoisotopic (exact) mass is 348 g/mol. The van der Waals surface area contributed by atoms with Gasteiger partial charge in [-0.2, -0.15) is 0 Å². The van der Waals surface area contributed by atoms with E-state index in [1.807, 2.05) is 12.1 Å². The minimum atomic E-state index is -0.456. The van der Waals surface area contributed by atoms with Gasteiger partial charge in [0.1, 0.15) is 12.6 Å². The molecule has 1 fully saturated rings. The maximum atomic E-state index is 9.87. The Morgan fingerprint density at radius 1 is 1.41 bits per heavy atom. The van der Waals surface area contributed by atoms with E-state index >= 15 is 0 Å². The van der Waals surface area contributed by atoms with Gasteiger partial charge in [0.2, 0.25) is 0 Å². The number of quaternary nitrogens is 1. The van der Waals surface area contributed by atoms with Crippen LogP contribution in [0, 0.1) is 0 Å². The Bertz CT molecular complexity index is 453. The molecule has 6 heteroatoms. The van der Waals surface area contributed by atoms with Crippen LogP contribution in [-0.2, 0) is 15.9 Å². The minimum Gasteiger partial charge on any atom is -0.385 e. The second kappa shape index (κ2) is 9.71. The fourth-order valence-electron chi connectivity index (χ4n) is 2.47. The van der Waals surface area contributed by atoms with Crippen LogP contribution in [0.2, 0.25) is 10.0 Å². The van der Waals surface area contributed by atoms with Crippen LogP contribution in [0.1, 0.15) is 18.4 Å². The molecule has 0 bridgehead atoms. The molecule has 2 rings (SSSR count). The molecule has 2 atom stereocenters. The Kier molecular flexibility index (Phi) is 7.94. The van der Waals surface area contributed by atoms with Crippen molar-refractivity contribution in [2.75, 3.05) is 32.9 Å². The van der Waals surface area contributed by atoms with E-state index in [0.717, 1.165) is 38.0 Å². The summed E-state index contributed by atoms with van der Waals surface area (Å²) >= 11 is 12.0. The van der Waals surface area contributed by atoms with Gasteiger partial charge in [0, 0.05) is 23.1 Å². The predicted octanol–water partition coefficient (Wildman–Crippen LogP) is 1.66. The van der Waals surface area contributed by atoms with Gasteiger partial charge in [-0.15, -0.1) is 0 Å². The summed E-state index contributed by atoms with van der Waals surface area (Å²) in [6, 6.07) is 5.54. The number of ether oxygens (including phenoxy) is 2. The van der Waals surface area contributed by atoms with E-state index in [-0.39, 0.29) is 6.10 Å². The smallest absolute Gasteiger partial charge is 0.126 e. The third-order valence-electron chi connectivity index (χ3n) is 3.71. The molecule has 0 spiro atoms. The van der Waals surface area contributed by atoms with Crippen molar-refractivity contribution in [2.24, 2.45) is 0 Å². The van der Waals surface area contributed by atoms with Crippen molar-refractivity contribution in [1.82, 2.24) is 0 Å². The molecule has 124 valence electrons. The quantitative estimate of drug-likeness (QED) is 0.667. The summed E-state index contributed by atoms with van der Waals surface area (Å²) in [5, 5.41) is 13.3. The Balaban J connectivity index is 1.53. The summed E-state index contributed by atoms with van der Waals surface area (Å²) in [4.78, 5) is 0. The molecule has 1 heterocycles. The van der Waals surface area contributed by atoms with Crippen molar-refractivity contribution in [3.63, 3.8) is 0 Å². The molecule has 1 aromatic rings. The molecule has 0 aromatic heterocycles. The largest absolute Gasteiger partial charge is 0.385 e. The maximum Gasteiger partial charge on any atom is 0.126 e. The van der Waals surface area contributed by atoms with E-state index < -0.39 is 6.10 Å². The fourth-order valence-corrected chi connectivity index (χ4v) is 2.97. The topological polar surface area (TPSA) is 55.3 Å². The van der Waals surface area contributed by atoms with Gasteiger partial charge in [-0.3, -0.25) is 0 Å². The third kappa shape index (κ3) is 6.41. The average molecular weight is 349 g/mol. The summed E-state index contributed by atoms with van der Waals surface area (Å²) in [5.74, 6) is 0. The SMILES string of the molecule is O[C@H](C[NH2+]CCc1ccc(Cl)cc1Cl)COC[C@@H]1CCCO1. The highest BCUT2D eigenvalue weighted by Gasteiger charge is 2.16. The lowest BCUT2D eigenvalue weighted by Gasteiger charge is -2.13. The molecule has 4 nitrogen and oxygen atoms in total. The molecule has 1 saturated heterocycles. The third-order valence-corrected chi connectivity index (χ3v) is 4.30.